The van der Waals surface area contributed by atoms with E-state index < -0.39 is 0 Å². The minimum atomic E-state index is -0.0812. The fraction of sp³-hybridized carbons (Fsp3) is 0.400. The molecule has 2 rings (SSSR count). The molecule has 0 aliphatic carbocycles. The number of aromatic nitrogens is 1. The number of amides is 1. The molecule has 5 nitrogen and oxygen atoms in total. The number of carbonyl (C=O) groups is 1. The molecule has 1 amide bonds. The lowest BCUT2D eigenvalue weighted by atomic mass is 10.2. The van der Waals surface area contributed by atoms with Gasteiger partial charge in [0.15, 0.2) is 0 Å². The number of unbranched alkanes of at least 4 members (excludes halogenated alkanes) is 1. The summed E-state index contributed by atoms with van der Waals surface area (Å²) in [5, 5.41) is 10.0. The number of hydrogen-bond acceptors (Lipinski definition) is 3. The Bertz CT molecular complexity index is 592. The van der Waals surface area contributed by atoms with Crippen molar-refractivity contribution >= 4 is 22.5 Å². The molecule has 0 saturated heterocycles. The number of anilines is 1. The number of carbonyl (C=O) groups excluding carboxylic acids is 1. The summed E-state index contributed by atoms with van der Waals surface area (Å²) in [4.78, 5) is 17.2. The molecule has 2 aromatic rings. The van der Waals surface area contributed by atoms with Gasteiger partial charge in [0.05, 0.1) is 6.61 Å². The monoisotopic (exact) mass is 275 g/mol. The first-order chi connectivity index (χ1) is 9.65. The Morgan fingerprint density at radius 1 is 1.35 bits per heavy atom. The number of fused-ring (bicyclic) bond motifs is 1. The Balaban J connectivity index is 2.23. The summed E-state index contributed by atoms with van der Waals surface area (Å²) in [6, 6.07) is 7.31. The minimum Gasteiger partial charge on any atom is -0.399 e. The second-order valence-electron chi connectivity index (χ2n) is 4.90. The van der Waals surface area contributed by atoms with Crippen LogP contribution in [-0.4, -0.2) is 40.6 Å². The average molecular weight is 275 g/mol. The molecule has 4 N–H and O–H groups in total. The number of benzene rings is 1. The molecule has 108 valence electrons. The van der Waals surface area contributed by atoms with Crippen LogP contribution in [0.3, 0.4) is 0 Å². The van der Waals surface area contributed by atoms with E-state index in [-0.39, 0.29) is 12.5 Å². The third-order valence-corrected chi connectivity index (χ3v) is 3.31. The van der Waals surface area contributed by atoms with E-state index in [2.05, 4.69) is 11.9 Å². The highest BCUT2D eigenvalue weighted by molar-refractivity contribution is 5.98. The maximum Gasteiger partial charge on any atom is 0.270 e. The highest BCUT2D eigenvalue weighted by Crippen LogP contribution is 2.19. The van der Waals surface area contributed by atoms with Crippen molar-refractivity contribution in [3.05, 3.63) is 30.0 Å². The van der Waals surface area contributed by atoms with Crippen LogP contribution in [-0.2, 0) is 0 Å². The normalized spacial score (nSPS) is 10.9. The standard InChI is InChI=1S/C15H21N3O2/c1-2-3-6-18(7-8-19)15(20)14-10-11-9-12(16)4-5-13(11)17-14/h4-5,9-10,17,19H,2-3,6-8,16H2,1H3. The molecule has 0 atom stereocenters. The van der Waals surface area contributed by atoms with Crippen molar-refractivity contribution in [2.45, 2.75) is 19.8 Å². The number of nitrogens with two attached hydrogens (primary N) is 1. The van der Waals surface area contributed by atoms with Crippen LogP contribution < -0.4 is 5.73 Å². The smallest absolute Gasteiger partial charge is 0.270 e. The van der Waals surface area contributed by atoms with Gasteiger partial charge in [-0.3, -0.25) is 4.79 Å². The van der Waals surface area contributed by atoms with Crippen molar-refractivity contribution in [3.63, 3.8) is 0 Å². The summed E-state index contributed by atoms with van der Waals surface area (Å²) in [7, 11) is 0. The van der Waals surface area contributed by atoms with Crippen molar-refractivity contribution in [1.82, 2.24) is 9.88 Å². The van der Waals surface area contributed by atoms with Gasteiger partial charge < -0.3 is 20.7 Å². The van der Waals surface area contributed by atoms with Crippen molar-refractivity contribution < 1.29 is 9.90 Å². The van der Waals surface area contributed by atoms with Crippen LogP contribution in [0.1, 0.15) is 30.3 Å². The van der Waals surface area contributed by atoms with Crippen LogP contribution in [0, 0.1) is 0 Å². The molecule has 1 heterocycles. The Morgan fingerprint density at radius 2 is 2.15 bits per heavy atom. The zero-order valence-corrected chi connectivity index (χ0v) is 11.7. The summed E-state index contributed by atoms with van der Waals surface area (Å²) in [5.74, 6) is -0.0812. The molecule has 0 radical (unpaired) electrons. The van der Waals surface area contributed by atoms with Crippen LogP contribution in [0.5, 0.6) is 0 Å². The van der Waals surface area contributed by atoms with E-state index in [0.717, 1.165) is 23.7 Å². The topological polar surface area (TPSA) is 82.3 Å². The van der Waals surface area contributed by atoms with Gasteiger partial charge in [0.1, 0.15) is 5.69 Å². The number of aromatic amines is 1. The molecule has 0 aliphatic rings. The van der Waals surface area contributed by atoms with Gasteiger partial charge in [-0.2, -0.15) is 0 Å². The number of nitrogen functional groups attached to an aromatic ring is 1. The lowest BCUT2D eigenvalue weighted by molar-refractivity contribution is 0.0714. The Hall–Kier alpha value is -2.01. The van der Waals surface area contributed by atoms with Gasteiger partial charge in [-0.1, -0.05) is 13.3 Å². The Kier molecular flexibility index (Phi) is 4.63. The fourth-order valence-corrected chi connectivity index (χ4v) is 2.22. The first kappa shape index (κ1) is 14.4. The quantitative estimate of drug-likeness (QED) is 0.705. The number of aliphatic hydroxyl groups is 1. The summed E-state index contributed by atoms with van der Waals surface area (Å²) in [6.45, 7) is 3.07. The van der Waals surface area contributed by atoms with E-state index in [9.17, 15) is 4.79 Å². The zero-order chi connectivity index (χ0) is 14.5. The van der Waals surface area contributed by atoms with Crippen LogP contribution in [0.15, 0.2) is 24.3 Å². The first-order valence-electron chi connectivity index (χ1n) is 6.94. The molecule has 0 bridgehead atoms. The summed E-state index contributed by atoms with van der Waals surface area (Å²) in [6.07, 6.45) is 1.94. The van der Waals surface area contributed by atoms with Crippen LogP contribution >= 0.6 is 0 Å². The molecular formula is C15H21N3O2. The Morgan fingerprint density at radius 3 is 2.85 bits per heavy atom. The minimum absolute atomic E-state index is 0.0252. The number of nitrogens with zero attached hydrogens (tertiary/aromatic N) is 1. The lowest BCUT2D eigenvalue weighted by Crippen LogP contribution is -2.34. The van der Waals surface area contributed by atoms with Crippen molar-refractivity contribution in [2.75, 3.05) is 25.4 Å². The number of rotatable bonds is 6. The van der Waals surface area contributed by atoms with Crippen LogP contribution in [0.25, 0.3) is 10.9 Å². The van der Waals surface area contributed by atoms with Crippen molar-refractivity contribution in [1.29, 1.82) is 0 Å². The number of aliphatic hydroxyl groups excluding tert-OH is 1. The van der Waals surface area contributed by atoms with Gasteiger partial charge in [-0.05, 0) is 30.7 Å². The van der Waals surface area contributed by atoms with E-state index >= 15 is 0 Å². The third kappa shape index (κ3) is 3.11. The Labute approximate surface area is 118 Å². The molecule has 1 aromatic heterocycles. The molecule has 0 spiro atoms. The molecule has 0 fully saturated rings. The van der Waals surface area contributed by atoms with Crippen molar-refractivity contribution in [2.24, 2.45) is 0 Å². The maximum atomic E-state index is 12.4. The highest BCUT2D eigenvalue weighted by Gasteiger charge is 2.17. The van der Waals surface area contributed by atoms with Crippen LogP contribution in [0.4, 0.5) is 5.69 Å². The SMILES string of the molecule is CCCCN(CCO)C(=O)c1cc2cc(N)ccc2[nH]1. The second-order valence-corrected chi connectivity index (χ2v) is 4.90. The predicted octanol–water partition coefficient (Wildman–Crippen LogP) is 1.98. The first-order valence-corrected chi connectivity index (χ1v) is 6.94. The molecule has 0 aliphatic heterocycles. The molecule has 0 unspecified atom stereocenters. The van der Waals surface area contributed by atoms with Crippen molar-refractivity contribution in [3.8, 4) is 0 Å². The summed E-state index contributed by atoms with van der Waals surface area (Å²) < 4.78 is 0. The molecule has 0 saturated carbocycles. The van der Waals surface area contributed by atoms with Gasteiger partial charge in [-0.15, -0.1) is 0 Å². The van der Waals surface area contributed by atoms with E-state index in [1.165, 1.54) is 0 Å². The van der Waals surface area contributed by atoms with Gasteiger partial charge in [0.25, 0.3) is 5.91 Å². The summed E-state index contributed by atoms with van der Waals surface area (Å²) >= 11 is 0. The largest absolute Gasteiger partial charge is 0.399 e. The predicted molar refractivity (Wildman–Crippen MR) is 80.6 cm³/mol. The molecule has 5 heteroatoms. The fourth-order valence-electron chi connectivity index (χ4n) is 2.22. The molecule has 20 heavy (non-hydrogen) atoms. The van der Waals surface area contributed by atoms with Gasteiger partial charge >= 0.3 is 0 Å². The second kappa shape index (κ2) is 6.43. The average Bonchev–Trinajstić information content (AvgIpc) is 2.85. The van der Waals surface area contributed by atoms with Crippen LogP contribution in [0.2, 0.25) is 0 Å². The third-order valence-electron chi connectivity index (χ3n) is 3.31. The lowest BCUT2D eigenvalue weighted by Gasteiger charge is -2.20. The van der Waals surface area contributed by atoms with Gasteiger partial charge in [0, 0.05) is 29.7 Å². The zero-order valence-electron chi connectivity index (χ0n) is 11.7. The van der Waals surface area contributed by atoms with E-state index in [1.807, 2.05) is 18.2 Å². The maximum absolute atomic E-state index is 12.4. The number of hydrogen-bond donors (Lipinski definition) is 3. The number of H-pyrrole nitrogens is 1. The summed E-state index contributed by atoms with van der Waals surface area (Å²) in [5.41, 5.74) is 7.84. The van der Waals surface area contributed by atoms with E-state index in [4.69, 9.17) is 10.8 Å². The van der Waals surface area contributed by atoms with E-state index in [1.54, 1.807) is 11.0 Å². The molecule has 1 aromatic carbocycles. The highest BCUT2D eigenvalue weighted by atomic mass is 16.3. The van der Waals surface area contributed by atoms with Gasteiger partial charge in [0.2, 0.25) is 0 Å². The number of nitrogens with one attached hydrogen (secondary N) is 1. The van der Waals surface area contributed by atoms with E-state index in [0.29, 0.717) is 24.5 Å². The molecular weight excluding hydrogens is 254 g/mol. The van der Waals surface area contributed by atoms with Gasteiger partial charge in [-0.25, -0.2) is 0 Å².